The van der Waals surface area contributed by atoms with E-state index in [-0.39, 0.29) is 10.9 Å². The van der Waals surface area contributed by atoms with Crippen LogP contribution in [0.1, 0.15) is 10.4 Å². The van der Waals surface area contributed by atoms with Crippen LogP contribution in [0, 0.1) is 10.1 Å². The van der Waals surface area contributed by atoms with Gasteiger partial charge in [0, 0.05) is 0 Å². The number of hydrogen-bond donors (Lipinski definition) is 1. The third kappa shape index (κ3) is 1.84. The SMILES string of the molecule is COC(=O)c1ccc2ccc(O)c([N+](=O)[O-])c2c1. The molecule has 0 saturated carbocycles. The summed E-state index contributed by atoms with van der Waals surface area (Å²) in [6, 6.07) is 7.19. The monoisotopic (exact) mass is 247 g/mol. The van der Waals surface area contributed by atoms with Crippen molar-refractivity contribution in [3.63, 3.8) is 0 Å². The summed E-state index contributed by atoms with van der Waals surface area (Å²) in [5.41, 5.74) is -0.225. The number of aromatic hydroxyl groups is 1. The van der Waals surface area contributed by atoms with Crippen molar-refractivity contribution >= 4 is 22.4 Å². The topological polar surface area (TPSA) is 89.7 Å². The molecule has 0 unspecified atom stereocenters. The number of benzene rings is 2. The average Bonchev–Trinajstić information content (AvgIpc) is 2.36. The van der Waals surface area contributed by atoms with Gasteiger partial charge < -0.3 is 9.84 Å². The standard InChI is InChI=1S/C12H9NO5/c1-18-12(15)8-3-2-7-4-5-10(14)11(13(16)17)9(7)6-8/h2-6,14H,1H3. The Morgan fingerprint density at radius 2 is 2.00 bits per heavy atom. The summed E-state index contributed by atoms with van der Waals surface area (Å²) in [6.07, 6.45) is 0. The Morgan fingerprint density at radius 1 is 1.33 bits per heavy atom. The van der Waals surface area contributed by atoms with Crippen molar-refractivity contribution in [3.05, 3.63) is 46.0 Å². The van der Waals surface area contributed by atoms with E-state index >= 15 is 0 Å². The van der Waals surface area contributed by atoms with Crippen LogP contribution in [0.3, 0.4) is 0 Å². The van der Waals surface area contributed by atoms with Gasteiger partial charge in [-0.3, -0.25) is 10.1 Å². The molecule has 0 aromatic heterocycles. The zero-order valence-corrected chi connectivity index (χ0v) is 9.41. The van der Waals surface area contributed by atoms with Gasteiger partial charge in [-0.25, -0.2) is 4.79 Å². The van der Waals surface area contributed by atoms with E-state index in [0.29, 0.717) is 5.39 Å². The fraction of sp³-hybridized carbons (Fsp3) is 0.0833. The van der Waals surface area contributed by atoms with E-state index < -0.39 is 22.3 Å². The molecule has 1 N–H and O–H groups in total. The van der Waals surface area contributed by atoms with Gasteiger partial charge in [-0.15, -0.1) is 0 Å². The Kier molecular flexibility index (Phi) is 2.85. The summed E-state index contributed by atoms with van der Waals surface area (Å²) in [5.74, 6) is -1.02. The van der Waals surface area contributed by atoms with E-state index in [9.17, 15) is 20.0 Å². The second-order valence-electron chi connectivity index (χ2n) is 3.62. The quantitative estimate of drug-likeness (QED) is 0.499. The number of ether oxygens (including phenoxy) is 1. The summed E-state index contributed by atoms with van der Waals surface area (Å²) in [6.45, 7) is 0. The number of esters is 1. The van der Waals surface area contributed by atoms with Crippen LogP contribution >= 0.6 is 0 Å². The van der Waals surface area contributed by atoms with Gasteiger partial charge in [-0.05, 0) is 23.6 Å². The zero-order chi connectivity index (χ0) is 13.3. The van der Waals surface area contributed by atoms with E-state index in [1.807, 2.05) is 0 Å². The lowest BCUT2D eigenvalue weighted by molar-refractivity contribution is -0.384. The smallest absolute Gasteiger partial charge is 0.337 e. The second-order valence-corrected chi connectivity index (χ2v) is 3.62. The molecule has 0 atom stereocenters. The highest BCUT2D eigenvalue weighted by Gasteiger charge is 2.19. The van der Waals surface area contributed by atoms with Crippen LogP contribution in [-0.4, -0.2) is 23.1 Å². The van der Waals surface area contributed by atoms with Crippen LogP contribution in [-0.2, 0) is 4.74 Å². The minimum absolute atomic E-state index is 0.193. The molecule has 92 valence electrons. The number of carbonyl (C=O) groups is 1. The summed E-state index contributed by atoms with van der Waals surface area (Å²) in [4.78, 5) is 21.6. The number of methoxy groups -OCH3 is 1. The highest BCUT2D eigenvalue weighted by atomic mass is 16.6. The summed E-state index contributed by atoms with van der Waals surface area (Å²) < 4.78 is 4.54. The van der Waals surface area contributed by atoms with E-state index in [1.165, 1.54) is 25.3 Å². The molecule has 6 nitrogen and oxygen atoms in total. The first-order valence-corrected chi connectivity index (χ1v) is 5.03. The average molecular weight is 247 g/mol. The molecule has 0 saturated heterocycles. The molecule has 0 amide bonds. The normalized spacial score (nSPS) is 10.3. The number of carbonyl (C=O) groups excluding carboxylic acids is 1. The molecule has 0 heterocycles. The Balaban J connectivity index is 2.77. The predicted octanol–water partition coefficient (Wildman–Crippen LogP) is 2.24. The number of fused-ring (bicyclic) bond motifs is 1. The number of hydrogen-bond acceptors (Lipinski definition) is 5. The number of nitro groups is 1. The Morgan fingerprint density at radius 3 is 2.61 bits per heavy atom. The van der Waals surface area contributed by atoms with E-state index in [2.05, 4.69) is 4.74 Å². The van der Waals surface area contributed by atoms with Gasteiger partial charge in [-0.2, -0.15) is 0 Å². The first-order chi connectivity index (χ1) is 8.54. The molecule has 0 bridgehead atoms. The van der Waals surface area contributed by atoms with Gasteiger partial charge in [0.1, 0.15) is 0 Å². The third-order valence-corrected chi connectivity index (χ3v) is 2.58. The molecule has 0 aliphatic carbocycles. The first-order valence-electron chi connectivity index (χ1n) is 5.03. The molecular weight excluding hydrogens is 238 g/mol. The van der Waals surface area contributed by atoms with Crippen LogP contribution in [0.4, 0.5) is 5.69 Å². The molecule has 18 heavy (non-hydrogen) atoms. The summed E-state index contributed by atoms with van der Waals surface area (Å²) >= 11 is 0. The molecule has 0 radical (unpaired) electrons. The Hall–Kier alpha value is -2.63. The van der Waals surface area contributed by atoms with Crippen molar-refractivity contribution in [2.75, 3.05) is 7.11 Å². The molecule has 2 rings (SSSR count). The lowest BCUT2D eigenvalue weighted by Gasteiger charge is -2.04. The van der Waals surface area contributed by atoms with E-state index in [0.717, 1.165) is 0 Å². The molecular formula is C12H9NO5. The molecule has 2 aromatic carbocycles. The van der Waals surface area contributed by atoms with Crippen LogP contribution in [0.2, 0.25) is 0 Å². The van der Waals surface area contributed by atoms with Crippen molar-refractivity contribution < 1.29 is 19.6 Å². The molecule has 0 fully saturated rings. The number of phenols is 1. The van der Waals surface area contributed by atoms with Crippen molar-refractivity contribution in [2.45, 2.75) is 0 Å². The highest BCUT2D eigenvalue weighted by molar-refractivity contribution is 5.99. The van der Waals surface area contributed by atoms with Crippen molar-refractivity contribution in [3.8, 4) is 5.75 Å². The number of nitrogens with zero attached hydrogens (tertiary/aromatic N) is 1. The third-order valence-electron chi connectivity index (χ3n) is 2.58. The molecule has 0 aliphatic rings. The summed E-state index contributed by atoms with van der Waals surface area (Å²) in [5, 5.41) is 21.2. The number of rotatable bonds is 2. The molecule has 0 aliphatic heterocycles. The van der Waals surface area contributed by atoms with E-state index in [4.69, 9.17) is 0 Å². The maximum Gasteiger partial charge on any atom is 0.337 e. The molecule has 0 spiro atoms. The maximum atomic E-state index is 11.4. The van der Waals surface area contributed by atoms with Crippen LogP contribution < -0.4 is 0 Å². The summed E-state index contributed by atoms with van der Waals surface area (Å²) in [7, 11) is 1.23. The Bertz CT molecular complexity index is 650. The number of phenolic OH excluding ortho intramolecular Hbond substituents is 1. The van der Waals surface area contributed by atoms with Crippen molar-refractivity contribution in [1.82, 2.24) is 0 Å². The Labute approximate surface area is 102 Å². The van der Waals surface area contributed by atoms with Crippen LogP contribution in [0.15, 0.2) is 30.3 Å². The van der Waals surface area contributed by atoms with Gasteiger partial charge in [0.2, 0.25) is 0 Å². The molecule has 2 aromatic rings. The van der Waals surface area contributed by atoms with Crippen molar-refractivity contribution in [2.24, 2.45) is 0 Å². The lowest BCUT2D eigenvalue weighted by Crippen LogP contribution is -2.01. The van der Waals surface area contributed by atoms with Crippen LogP contribution in [0.5, 0.6) is 5.75 Å². The fourth-order valence-corrected chi connectivity index (χ4v) is 1.73. The fourth-order valence-electron chi connectivity index (χ4n) is 1.73. The van der Waals surface area contributed by atoms with Crippen molar-refractivity contribution in [1.29, 1.82) is 0 Å². The second kappa shape index (κ2) is 4.33. The van der Waals surface area contributed by atoms with E-state index in [1.54, 1.807) is 12.1 Å². The van der Waals surface area contributed by atoms with Gasteiger partial charge in [0.05, 0.1) is 23.0 Å². The predicted molar refractivity (Wildman–Crippen MR) is 63.6 cm³/mol. The maximum absolute atomic E-state index is 11.4. The van der Waals surface area contributed by atoms with Gasteiger partial charge >= 0.3 is 11.7 Å². The lowest BCUT2D eigenvalue weighted by atomic mass is 10.0. The minimum Gasteiger partial charge on any atom is -0.502 e. The molecule has 6 heteroatoms. The number of nitro benzene ring substituents is 1. The largest absolute Gasteiger partial charge is 0.502 e. The first kappa shape index (κ1) is 11.8. The van der Waals surface area contributed by atoms with Gasteiger partial charge in [0.15, 0.2) is 5.75 Å². The highest BCUT2D eigenvalue weighted by Crippen LogP contribution is 2.34. The van der Waals surface area contributed by atoms with Crippen LogP contribution in [0.25, 0.3) is 10.8 Å². The zero-order valence-electron chi connectivity index (χ0n) is 9.41. The van der Waals surface area contributed by atoms with Gasteiger partial charge in [0.25, 0.3) is 0 Å². The van der Waals surface area contributed by atoms with Gasteiger partial charge in [-0.1, -0.05) is 12.1 Å². The minimum atomic E-state index is -0.682.